The molecular formula is C16H19N3O2S. The maximum atomic E-state index is 5.76. The molecule has 0 fully saturated rings. The minimum Gasteiger partial charge on any atom is -0.493 e. The summed E-state index contributed by atoms with van der Waals surface area (Å²) < 4.78 is 11.0. The minimum atomic E-state index is 0.0479. The molecule has 0 bridgehead atoms. The van der Waals surface area contributed by atoms with E-state index in [2.05, 4.69) is 15.6 Å². The Hall–Kier alpha value is -2.34. The maximum Gasteiger partial charge on any atom is 0.171 e. The Morgan fingerprint density at radius 2 is 1.86 bits per heavy atom. The molecule has 2 rings (SSSR count). The van der Waals surface area contributed by atoms with Crippen LogP contribution in [0.2, 0.25) is 0 Å². The predicted octanol–water partition coefficient (Wildman–Crippen LogP) is 2.84. The van der Waals surface area contributed by atoms with Crippen molar-refractivity contribution >= 4 is 23.0 Å². The normalized spacial score (nSPS) is 11.4. The van der Waals surface area contributed by atoms with Gasteiger partial charge in [0.05, 0.1) is 13.2 Å². The van der Waals surface area contributed by atoms with E-state index in [1.54, 1.807) is 19.5 Å². The van der Waals surface area contributed by atoms with Gasteiger partial charge in [-0.1, -0.05) is 12.1 Å². The smallest absolute Gasteiger partial charge is 0.171 e. The fourth-order valence-corrected chi connectivity index (χ4v) is 2.14. The predicted molar refractivity (Wildman–Crippen MR) is 91.5 cm³/mol. The number of para-hydroxylation sites is 2. The molecule has 0 radical (unpaired) electrons. The first-order valence-corrected chi connectivity index (χ1v) is 7.33. The van der Waals surface area contributed by atoms with Gasteiger partial charge in [0.15, 0.2) is 16.6 Å². The number of thiocarbonyl (C=S) groups is 1. The number of anilines is 1. The fourth-order valence-electron chi connectivity index (χ4n) is 1.82. The van der Waals surface area contributed by atoms with Gasteiger partial charge in [0.25, 0.3) is 0 Å². The van der Waals surface area contributed by atoms with Gasteiger partial charge < -0.3 is 20.1 Å². The molecule has 1 aromatic carbocycles. The number of pyridine rings is 1. The second-order valence-electron chi connectivity index (χ2n) is 4.70. The Morgan fingerprint density at radius 1 is 1.18 bits per heavy atom. The Balaban J connectivity index is 1.80. The highest BCUT2D eigenvalue weighted by atomic mass is 32.1. The topological polar surface area (TPSA) is 55.4 Å². The number of methoxy groups -OCH3 is 1. The van der Waals surface area contributed by atoms with Crippen molar-refractivity contribution in [1.29, 1.82) is 0 Å². The van der Waals surface area contributed by atoms with Gasteiger partial charge in [-0.25, -0.2) is 0 Å². The molecule has 1 heterocycles. The van der Waals surface area contributed by atoms with Crippen LogP contribution in [0.15, 0.2) is 48.8 Å². The molecule has 1 aromatic heterocycles. The summed E-state index contributed by atoms with van der Waals surface area (Å²) in [6, 6.07) is 11.3. The van der Waals surface area contributed by atoms with Crippen LogP contribution < -0.4 is 20.1 Å². The summed E-state index contributed by atoms with van der Waals surface area (Å²) in [6.45, 7) is 2.47. The molecule has 22 heavy (non-hydrogen) atoms. The maximum absolute atomic E-state index is 5.76. The molecule has 0 aliphatic heterocycles. The first-order valence-electron chi connectivity index (χ1n) is 6.92. The SMILES string of the molecule is COc1ccccc1OCC(C)NC(=S)Nc1ccncc1. The summed E-state index contributed by atoms with van der Waals surface area (Å²) >= 11 is 5.27. The molecule has 6 heteroatoms. The van der Waals surface area contributed by atoms with Gasteiger partial charge in [0.1, 0.15) is 6.61 Å². The van der Waals surface area contributed by atoms with E-state index in [1.165, 1.54) is 0 Å². The number of hydrogen-bond donors (Lipinski definition) is 2. The number of nitrogens with zero attached hydrogens (tertiary/aromatic N) is 1. The second-order valence-corrected chi connectivity index (χ2v) is 5.11. The molecule has 5 nitrogen and oxygen atoms in total. The lowest BCUT2D eigenvalue weighted by Gasteiger charge is -2.18. The van der Waals surface area contributed by atoms with Crippen molar-refractivity contribution in [2.45, 2.75) is 13.0 Å². The molecule has 0 saturated carbocycles. The van der Waals surface area contributed by atoms with E-state index in [-0.39, 0.29) is 6.04 Å². The molecule has 0 saturated heterocycles. The Bertz CT molecular complexity index is 607. The lowest BCUT2D eigenvalue weighted by molar-refractivity contribution is 0.270. The van der Waals surface area contributed by atoms with Gasteiger partial charge in [0, 0.05) is 18.1 Å². The van der Waals surface area contributed by atoms with E-state index in [0.29, 0.717) is 23.2 Å². The van der Waals surface area contributed by atoms with Crippen molar-refractivity contribution in [2.75, 3.05) is 19.0 Å². The van der Waals surface area contributed by atoms with Crippen molar-refractivity contribution in [2.24, 2.45) is 0 Å². The van der Waals surface area contributed by atoms with Crippen LogP contribution in [0, 0.1) is 0 Å². The highest BCUT2D eigenvalue weighted by Gasteiger charge is 2.08. The third-order valence-electron chi connectivity index (χ3n) is 2.87. The minimum absolute atomic E-state index is 0.0479. The molecule has 116 valence electrons. The zero-order valence-corrected chi connectivity index (χ0v) is 13.4. The standard InChI is InChI=1S/C16H19N3O2S/c1-12(11-21-15-6-4-3-5-14(15)20-2)18-16(22)19-13-7-9-17-10-8-13/h3-10,12H,11H2,1-2H3,(H2,17,18,19,22). The zero-order valence-electron chi connectivity index (χ0n) is 12.6. The van der Waals surface area contributed by atoms with Gasteiger partial charge >= 0.3 is 0 Å². The highest BCUT2D eigenvalue weighted by Crippen LogP contribution is 2.25. The first kappa shape index (κ1) is 16.0. The lowest BCUT2D eigenvalue weighted by atomic mass is 10.3. The Morgan fingerprint density at radius 3 is 2.55 bits per heavy atom. The monoisotopic (exact) mass is 317 g/mol. The van der Waals surface area contributed by atoms with Gasteiger partial charge in [-0.15, -0.1) is 0 Å². The van der Waals surface area contributed by atoms with Crippen LogP contribution >= 0.6 is 12.2 Å². The van der Waals surface area contributed by atoms with Crippen LogP contribution in [-0.4, -0.2) is 29.9 Å². The molecular weight excluding hydrogens is 298 g/mol. The molecule has 0 spiro atoms. The Kier molecular flexibility index (Phi) is 5.97. The number of hydrogen-bond acceptors (Lipinski definition) is 4. The van der Waals surface area contributed by atoms with E-state index in [9.17, 15) is 0 Å². The van der Waals surface area contributed by atoms with Crippen LogP contribution in [0.5, 0.6) is 11.5 Å². The van der Waals surface area contributed by atoms with E-state index >= 15 is 0 Å². The average Bonchev–Trinajstić information content (AvgIpc) is 2.54. The van der Waals surface area contributed by atoms with Gasteiger partial charge in [-0.2, -0.15) is 0 Å². The number of rotatable bonds is 6. The summed E-state index contributed by atoms with van der Waals surface area (Å²) in [7, 11) is 1.62. The molecule has 1 unspecified atom stereocenters. The summed E-state index contributed by atoms with van der Waals surface area (Å²) in [5.74, 6) is 1.43. The number of benzene rings is 1. The molecule has 2 N–H and O–H groups in total. The molecule has 0 aliphatic carbocycles. The second kappa shape index (κ2) is 8.19. The summed E-state index contributed by atoms with van der Waals surface area (Å²) in [5, 5.41) is 6.81. The number of nitrogens with one attached hydrogen (secondary N) is 2. The number of ether oxygens (including phenoxy) is 2. The number of aromatic nitrogens is 1. The first-order chi connectivity index (χ1) is 10.7. The van der Waals surface area contributed by atoms with Crippen LogP contribution in [0.25, 0.3) is 0 Å². The third kappa shape index (κ3) is 4.89. The van der Waals surface area contributed by atoms with Crippen molar-refractivity contribution in [1.82, 2.24) is 10.3 Å². The van der Waals surface area contributed by atoms with Crippen LogP contribution in [0.4, 0.5) is 5.69 Å². The van der Waals surface area contributed by atoms with Gasteiger partial charge in [-0.3, -0.25) is 4.98 Å². The van der Waals surface area contributed by atoms with Gasteiger partial charge in [0.2, 0.25) is 0 Å². The average molecular weight is 317 g/mol. The van der Waals surface area contributed by atoms with E-state index < -0.39 is 0 Å². The lowest BCUT2D eigenvalue weighted by Crippen LogP contribution is -2.39. The van der Waals surface area contributed by atoms with Crippen molar-refractivity contribution in [3.63, 3.8) is 0 Å². The van der Waals surface area contributed by atoms with Crippen molar-refractivity contribution in [3.05, 3.63) is 48.8 Å². The van der Waals surface area contributed by atoms with E-state index in [1.807, 2.05) is 43.3 Å². The third-order valence-corrected chi connectivity index (χ3v) is 3.09. The Labute approximate surface area is 135 Å². The molecule has 2 aromatic rings. The van der Waals surface area contributed by atoms with E-state index in [4.69, 9.17) is 21.7 Å². The summed E-state index contributed by atoms with van der Waals surface area (Å²) in [5.41, 5.74) is 0.894. The molecule has 0 amide bonds. The summed E-state index contributed by atoms with van der Waals surface area (Å²) in [4.78, 5) is 3.96. The molecule has 1 atom stereocenters. The van der Waals surface area contributed by atoms with E-state index in [0.717, 1.165) is 5.69 Å². The quantitative estimate of drug-likeness (QED) is 0.799. The van der Waals surface area contributed by atoms with Crippen LogP contribution in [0.1, 0.15) is 6.92 Å². The summed E-state index contributed by atoms with van der Waals surface area (Å²) in [6.07, 6.45) is 3.42. The largest absolute Gasteiger partial charge is 0.493 e. The van der Waals surface area contributed by atoms with Crippen molar-refractivity contribution in [3.8, 4) is 11.5 Å². The fraction of sp³-hybridized carbons (Fsp3) is 0.250. The molecule has 0 aliphatic rings. The van der Waals surface area contributed by atoms with Crippen LogP contribution in [0.3, 0.4) is 0 Å². The van der Waals surface area contributed by atoms with Gasteiger partial charge in [-0.05, 0) is 43.4 Å². The zero-order chi connectivity index (χ0) is 15.8. The highest BCUT2D eigenvalue weighted by molar-refractivity contribution is 7.80. The van der Waals surface area contributed by atoms with Crippen molar-refractivity contribution < 1.29 is 9.47 Å². The van der Waals surface area contributed by atoms with Crippen LogP contribution in [-0.2, 0) is 0 Å².